The Bertz CT molecular complexity index is 300. The van der Waals surface area contributed by atoms with E-state index in [0.717, 1.165) is 5.75 Å². The summed E-state index contributed by atoms with van der Waals surface area (Å²) in [6.07, 6.45) is 1.31. The summed E-state index contributed by atoms with van der Waals surface area (Å²) in [6, 6.07) is -1.24. The second kappa shape index (κ2) is 6.11. The summed E-state index contributed by atoms with van der Waals surface area (Å²) >= 11 is 1.62. The fourth-order valence-electron chi connectivity index (χ4n) is 1.80. The molecule has 17 heavy (non-hydrogen) atoms. The molecule has 7 heteroatoms. The zero-order valence-electron chi connectivity index (χ0n) is 10.00. The number of carboxylic acid groups (broad SMARTS) is 1. The average Bonchev–Trinajstić information content (AvgIpc) is 2.67. The first-order valence-corrected chi connectivity index (χ1v) is 6.78. The van der Waals surface area contributed by atoms with E-state index in [-0.39, 0.29) is 19.0 Å². The van der Waals surface area contributed by atoms with E-state index in [9.17, 15) is 14.7 Å². The van der Waals surface area contributed by atoms with E-state index in [0.29, 0.717) is 6.54 Å². The van der Waals surface area contributed by atoms with Crippen molar-refractivity contribution in [2.75, 3.05) is 32.1 Å². The third kappa shape index (κ3) is 3.50. The minimum absolute atomic E-state index is 0.0966. The van der Waals surface area contributed by atoms with Crippen molar-refractivity contribution in [1.82, 2.24) is 9.80 Å². The normalized spacial score (nSPS) is 23.8. The van der Waals surface area contributed by atoms with Gasteiger partial charge in [0.05, 0.1) is 6.10 Å². The summed E-state index contributed by atoms with van der Waals surface area (Å²) in [4.78, 5) is 25.7. The van der Waals surface area contributed by atoms with E-state index in [1.165, 1.54) is 9.80 Å². The molecular weight excluding hydrogens is 244 g/mol. The van der Waals surface area contributed by atoms with Crippen molar-refractivity contribution in [2.24, 2.45) is 0 Å². The van der Waals surface area contributed by atoms with Gasteiger partial charge in [-0.3, -0.25) is 0 Å². The number of likely N-dealkylation sites (tertiary alicyclic amines) is 1. The van der Waals surface area contributed by atoms with Gasteiger partial charge in [-0.15, -0.1) is 0 Å². The third-order valence-electron chi connectivity index (χ3n) is 2.77. The topological polar surface area (TPSA) is 81.1 Å². The molecular formula is C10H18N2O4S. The number of aliphatic hydroxyl groups excluding tert-OH is 1. The van der Waals surface area contributed by atoms with E-state index >= 15 is 0 Å². The quantitative estimate of drug-likeness (QED) is 0.740. The summed E-state index contributed by atoms with van der Waals surface area (Å²) in [6.45, 7) is 0.665. The molecule has 2 amide bonds. The molecule has 1 rings (SSSR count). The van der Waals surface area contributed by atoms with Gasteiger partial charge in [0.15, 0.2) is 0 Å². The Morgan fingerprint density at radius 2 is 2.18 bits per heavy atom. The Labute approximate surface area is 105 Å². The summed E-state index contributed by atoms with van der Waals surface area (Å²) < 4.78 is 0. The highest BCUT2D eigenvalue weighted by atomic mass is 32.2. The lowest BCUT2D eigenvalue weighted by atomic mass is 10.2. The number of carbonyl (C=O) groups is 2. The van der Waals surface area contributed by atoms with Crippen LogP contribution in [-0.2, 0) is 4.79 Å². The number of nitrogens with zero attached hydrogens (tertiary/aromatic N) is 2. The zero-order valence-corrected chi connectivity index (χ0v) is 10.8. The smallest absolute Gasteiger partial charge is 0.326 e. The lowest BCUT2D eigenvalue weighted by Crippen LogP contribution is -2.47. The lowest BCUT2D eigenvalue weighted by molar-refractivity contribution is -0.141. The fraction of sp³-hybridized carbons (Fsp3) is 0.800. The number of urea groups is 1. The molecule has 1 aliphatic heterocycles. The van der Waals surface area contributed by atoms with Crippen LogP contribution >= 0.6 is 11.8 Å². The van der Waals surface area contributed by atoms with Crippen molar-refractivity contribution >= 4 is 23.8 Å². The van der Waals surface area contributed by atoms with Gasteiger partial charge < -0.3 is 20.0 Å². The Balaban J connectivity index is 2.63. The van der Waals surface area contributed by atoms with Gasteiger partial charge in [-0.05, 0) is 6.26 Å². The van der Waals surface area contributed by atoms with E-state index in [4.69, 9.17) is 5.11 Å². The van der Waals surface area contributed by atoms with Gasteiger partial charge in [-0.25, -0.2) is 9.59 Å². The molecule has 1 aliphatic rings. The van der Waals surface area contributed by atoms with Crippen molar-refractivity contribution < 1.29 is 19.8 Å². The maximum atomic E-state index is 12.0. The number of hydrogen-bond donors (Lipinski definition) is 2. The second-order valence-electron chi connectivity index (χ2n) is 4.09. The van der Waals surface area contributed by atoms with Crippen LogP contribution in [0, 0.1) is 0 Å². The predicted molar refractivity (Wildman–Crippen MR) is 65.2 cm³/mol. The van der Waals surface area contributed by atoms with E-state index in [1.807, 2.05) is 6.26 Å². The van der Waals surface area contributed by atoms with Gasteiger partial charge in [0.1, 0.15) is 6.04 Å². The van der Waals surface area contributed by atoms with Gasteiger partial charge in [0.2, 0.25) is 0 Å². The number of carboxylic acids is 1. The van der Waals surface area contributed by atoms with Crippen LogP contribution in [0.2, 0.25) is 0 Å². The molecule has 1 saturated heterocycles. The molecule has 0 bridgehead atoms. The first kappa shape index (κ1) is 14.1. The van der Waals surface area contributed by atoms with Gasteiger partial charge in [0.25, 0.3) is 0 Å². The fourth-order valence-corrected chi connectivity index (χ4v) is 2.26. The highest BCUT2D eigenvalue weighted by Crippen LogP contribution is 2.19. The first-order valence-electron chi connectivity index (χ1n) is 5.39. The Morgan fingerprint density at radius 1 is 1.53 bits per heavy atom. The molecule has 1 heterocycles. The molecule has 0 spiro atoms. The Kier molecular flexibility index (Phi) is 5.07. The van der Waals surface area contributed by atoms with Crippen LogP contribution in [0.1, 0.15) is 6.42 Å². The molecule has 98 valence electrons. The lowest BCUT2D eigenvalue weighted by Gasteiger charge is -2.27. The van der Waals surface area contributed by atoms with Gasteiger partial charge in [0, 0.05) is 32.3 Å². The van der Waals surface area contributed by atoms with Crippen LogP contribution in [0.15, 0.2) is 0 Å². The number of aliphatic hydroxyl groups is 1. The van der Waals surface area contributed by atoms with Gasteiger partial charge in [-0.1, -0.05) is 0 Å². The minimum atomic E-state index is -1.06. The number of amides is 2. The molecule has 2 N–H and O–H groups in total. The molecule has 0 aromatic heterocycles. The maximum Gasteiger partial charge on any atom is 0.326 e. The van der Waals surface area contributed by atoms with E-state index in [1.54, 1.807) is 18.8 Å². The highest BCUT2D eigenvalue weighted by Gasteiger charge is 2.39. The first-order chi connectivity index (χ1) is 7.97. The van der Waals surface area contributed by atoms with Crippen molar-refractivity contribution in [1.29, 1.82) is 0 Å². The maximum absolute atomic E-state index is 12.0. The van der Waals surface area contributed by atoms with Crippen LogP contribution in [0.5, 0.6) is 0 Å². The molecule has 2 atom stereocenters. The molecule has 6 nitrogen and oxygen atoms in total. The van der Waals surface area contributed by atoms with Crippen LogP contribution in [0.25, 0.3) is 0 Å². The summed E-state index contributed by atoms with van der Waals surface area (Å²) in [5.41, 5.74) is 0. The molecule has 0 aliphatic carbocycles. The second-order valence-corrected chi connectivity index (χ2v) is 5.08. The Morgan fingerprint density at radius 3 is 2.71 bits per heavy atom. The van der Waals surface area contributed by atoms with Gasteiger partial charge in [-0.2, -0.15) is 11.8 Å². The predicted octanol–water partition coefficient (Wildman–Crippen LogP) is -0.0790. The number of aliphatic carboxylic acids is 1. The number of rotatable bonds is 4. The van der Waals surface area contributed by atoms with Gasteiger partial charge >= 0.3 is 12.0 Å². The van der Waals surface area contributed by atoms with E-state index < -0.39 is 18.1 Å². The van der Waals surface area contributed by atoms with E-state index in [2.05, 4.69) is 0 Å². The standard InChI is InChI=1S/C10H18N2O4S/c1-11(3-4-17-2)10(16)12-6-7(13)5-8(12)9(14)15/h7-8,13H,3-6H2,1-2H3,(H,14,15)/t7-,8-/m0/s1. The summed E-state index contributed by atoms with van der Waals surface area (Å²) in [5, 5.41) is 18.4. The molecule has 0 unspecified atom stereocenters. The Hall–Kier alpha value is -0.950. The third-order valence-corrected chi connectivity index (χ3v) is 3.36. The van der Waals surface area contributed by atoms with Crippen molar-refractivity contribution in [3.05, 3.63) is 0 Å². The SMILES string of the molecule is CSCCN(C)C(=O)N1C[C@@H](O)C[C@H]1C(=O)O. The van der Waals surface area contributed by atoms with Crippen LogP contribution in [0.3, 0.4) is 0 Å². The minimum Gasteiger partial charge on any atom is -0.480 e. The van der Waals surface area contributed by atoms with Crippen molar-refractivity contribution in [2.45, 2.75) is 18.6 Å². The van der Waals surface area contributed by atoms with Crippen molar-refractivity contribution in [3.63, 3.8) is 0 Å². The molecule has 0 aromatic carbocycles. The highest BCUT2D eigenvalue weighted by molar-refractivity contribution is 7.98. The van der Waals surface area contributed by atoms with Crippen LogP contribution in [0.4, 0.5) is 4.79 Å². The van der Waals surface area contributed by atoms with Crippen molar-refractivity contribution in [3.8, 4) is 0 Å². The zero-order chi connectivity index (χ0) is 13.0. The molecule has 0 saturated carbocycles. The number of carbonyl (C=O) groups excluding carboxylic acids is 1. The largest absolute Gasteiger partial charge is 0.480 e. The summed E-state index contributed by atoms with van der Waals surface area (Å²) in [5.74, 6) is -0.260. The molecule has 0 aromatic rings. The van der Waals surface area contributed by atoms with Crippen LogP contribution in [-0.4, -0.2) is 76.3 Å². The average molecular weight is 262 g/mol. The molecule has 1 fully saturated rings. The molecule has 0 radical (unpaired) electrons. The number of β-amino-alcohol motifs (C(OH)–C–C–N with tert-alkyl or cyclic N) is 1. The summed E-state index contributed by atoms with van der Waals surface area (Å²) in [7, 11) is 1.64. The van der Waals surface area contributed by atoms with Crippen LogP contribution < -0.4 is 0 Å². The monoisotopic (exact) mass is 262 g/mol. The number of thioether (sulfide) groups is 1. The number of hydrogen-bond acceptors (Lipinski definition) is 4.